The topological polar surface area (TPSA) is 9.23 Å². The normalized spacial score (nSPS) is 12.5. The lowest BCUT2D eigenvalue weighted by molar-refractivity contribution is 0.216. The highest BCUT2D eigenvalue weighted by atomic mass is 16.5. The minimum Gasteiger partial charge on any atom is -0.502 e. The van der Waals surface area contributed by atoms with E-state index in [4.69, 9.17) is 4.74 Å². The van der Waals surface area contributed by atoms with Crippen molar-refractivity contribution in [3.05, 3.63) is 12.8 Å². The van der Waals surface area contributed by atoms with Crippen LogP contribution in [0, 0.1) is 5.92 Å². The zero-order valence-electron chi connectivity index (χ0n) is 7.81. The van der Waals surface area contributed by atoms with Crippen LogP contribution in [0.15, 0.2) is 12.8 Å². The zero-order valence-corrected chi connectivity index (χ0v) is 7.81. The van der Waals surface area contributed by atoms with Crippen LogP contribution < -0.4 is 0 Å². The molecule has 0 amide bonds. The van der Waals surface area contributed by atoms with Gasteiger partial charge in [-0.15, -0.1) is 0 Å². The Labute approximate surface area is 70.4 Å². The maximum absolute atomic E-state index is 5.08. The van der Waals surface area contributed by atoms with Crippen LogP contribution >= 0.6 is 0 Å². The first-order chi connectivity index (χ1) is 5.35. The fraction of sp³-hybridized carbons (Fsp3) is 0.800. The smallest absolute Gasteiger partial charge is 0.0875 e. The largest absolute Gasteiger partial charge is 0.502 e. The van der Waals surface area contributed by atoms with Gasteiger partial charge < -0.3 is 4.74 Å². The number of rotatable bonds is 7. The molecule has 0 aliphatic carbocycles. The van der Waals surface area contributed by atoms with E-state index in [1.165, 1.54) is 31.9 Å². The van der Waals surface area contributed by atoms with Crippen LogP contribution in [0.2, 0.25) is 0 Å². The molecule has 0 saturated heterocycles. The summed E-state index contributed by atoms with van der Waals surface area (Å²) in [4.78, 5) is 0. The first-order valence-electron chi connectivity index (χ1n) is 4.57. The summed E-state index contributed by atoms with van der Waals surface area (Å²) in [5, 5.41) is 0. The maximum atomic E-state index is 5.08. The van der Waals surface area contributed by atoms with Crippen LogP contribution in [-0.4, -0.2) is 6.61 Å². The van der Waals surface area contributed by atoms with Crippen LogP contribution in [-0.2, 0) is 4.74 Å². The van der Waals surface area contributed by atoms with E-state index in [1.807, 2.05) is 0 Å². The van der Waals surface area contributed by atoms with E-state index in [2.05, 4.69) is 20.4 Å². The first-order valence-corrected chi connectivity index (χ1v) is 4.57. The lowest BCUT2D eigenvalue weighted by Gasteiger charge is -2.12. The highest BCUT2D eigenvalue weighted by Crippen LogP contribution is 2.14. The van der Waals surface area contributed by atoms with Crippen molar-refractivity contribution >= 4 is 0 Å². The minimum absolute atomic E-state index is 0.835. The molecule has 0 aromatic heterocycles. The molecule has 0 aromatic rings. The van der Waals surface area contributed by atoms with E-state index in [1.54, 1.807) is 0 Å². The van der Waals surface area contributed by atoms with Crippen molar-refractivity contribution < 1.29 is 4.74 Å². The molecule has 1 atom stereocenters. The van der Waals surface area contributed by atoms with Gasteiger partial charge in [-0.05, 0) is 12.3 Å². The zero-order chi connectivity index (χ0) is 8.53. The Hall–Kier alpha value is -0.460. The van der Waals surface area contributed by atoms with Gasteiger partial charge in [0.2, 0.25) is 0 Å². The molecule has 0 aliphatic rings. The van der Waals surface area contributed by atoms with E-state index in [9.17, 15) is 0 Å². The molecule has 0 fully saturated rings. The Morgan fingerprint density at radius 1 is 1.36 bits per heavy atom. The quantitative estimate of drug-likeness (QED) is 0.405. The molecule has 1 nitrogen and oxygen atoms in total. The van der Waals surface area contributed by atoms with Crippen molar-refractivity contribution in [1.29, 1.82) is 0 Å². The van der Waals surface area contributed by atoms with E-state index in [0.29, 0.717) is 0 Å². The molecule has 0 N–H and O–H groups in total. The van der Waals surface area contributed by atoms with E-state index in [0.717, 1.165) is 12.5 Å². The molecule has 0 bridgehead atoms. The van der Waals surface area contributed by atoms with Crippen LogP contribution in [0.3, 0.4) is 0 Å². The Morgan fingerprint density at radius 2 is 2.09 bits per heavy atom. The van der Waals surface area contributed by atoms with Gasteiger partial charge in [0.1, 0.15) is 0 Å². The molecule has 0 heterocycles. The molecule has 0 aromatic carbocycles. The van der Waals surface area contributed by atoms with Gasteiger partial charge in [-0.1, -0.05) is 39.7 Å². The molecule has 0 radical (unpaired) electrons. The van der Waals surface area contributed by atoms with Crippen molar-refractivity contribution in [3.63, 3.8) is 0 Å². The van der Waals surface area contributed by atoms with Gasteiger partial charge in [0, 0.05) is 0 Å². The lowest BCUT2D eigenvalue weighted by Crippen LogP contribution is -2.02. The second-order valence-electron chi connectivity index (χ2n) is 2.89. The molecule has 1 heteroatoms. The average molecular weight is 156 g/mol. The van der Waals surface area contributed by atoms with Crippen molar-refractivity contribution in [2.45, 2.75) is 39.5 Å². The minimum atomic E-state index is 0.835. The third-order valence-electron chi connectivity index (χ3n) is 2.04. The predicted octanol–water partition coefficient (Wildman–Crippen LogP) is 3.36. The van der Waals surface area contributed by atoms with Crippen molar-refractivity contribution in [2.75, 3.05) is 6.61 Å². The van der Waals surface area contributed by atoms with Crippen LogP contribution in [0.5, 0.6) is 0 Å². The van der Waals surface area contributed by atoms with Gasteiger partial charge in [-0.25, -0.2) is 0 Å². The lowest BCUT2D eigenvalue weighted by atomic mass is 9.98. The number of ether oxygens (including phenoxy) is 1. The molecular formula is C10H20O. The third-order valence-corrected chi connectivity index (χ3v) is 2.04. The monoisotopic (exact) mass is 156 g/mol. The summed E-state index contributed by atoms with van der Waals surface area (Å²) in [5.74, 6) is 0.847. The first kappa shape index (κ1) is 10.5. The summed E-state index contributed by atoms with van der Waals surface area (Å²) in [6, 6.07) is 0. The summed E-state index contributed by atoms with van der Waals surface area (Å²) < 4.78 is 5.08. The molecule has 66 valence electrons. The maximum Gasteiger partial charge on any atom is 0.0875 e. The SMILES string of the molecule is C=COCCC(CC)CCC. The second kappa shape index (κ2) is 7.64. The Balaban J connectivity index is 3.27. The van der Waals surface area contributed by atoms with Crippen LogP contribution in [0.1, 0.15) is 39.5 Å². The van der Waals surface area contributed by atoms with Gasteiger partial charge in [-0.2, -0.15) is 0 Å². The summed E-state index contributed by atoms with van der Waals surface area (Å²) >= 11 is 0. The third kappa shape index (κ3) is 5.96. The van der Waals surface area contributed by atoms with E-state index >= 15 is 0 Å². The molecular weight excluding hydrogens is 136 g/mol. The van der Waals surface area contributed by atoms with E-state index in [-0.39, 0.29) is 0 Å². The second-order valence-corrected chi connectivity index (χ2v) is 2.89. The van der Waals surface area contributed by atoms with Crippen molar-refractivity contribution in [2.24, 2.45) is 5.92 Å². The number of hydrogen-bond donors (Lipinski definition) is 0. The molecule has 0 saturated carbocycles. The molecule has 0 rings (SSSR count). The van der Waals surface area contributed by atoms with Gasteiger partial charge in [0.25, 0.3) is 0 Å². The van der Waals surface area contributed by atoms with Gasteiger partial charge in [0.15, 0.2) is 0 Å². The highest BCUT2D eigenvalue weighted by Gasteiger charge is 2.03. The fourth-order valence-corrected chi connectivity index (χ4v) is 1.28. The summed E-state index contributed by atoms with van der Waals surface area (Å²) in [6.45, 7) is 8.82. The summed E-state index contributed by atoms with van der Waals surface area (Å²) in [5.41, 5.74) is 0. The predicted molar refractivity (Wildman–Crippen MR) is 49.5 cm³/mol. The van der Waals surface area contributed by atoms with Gasteiger partial charge >= 0.3 is 0 Å². The fourth-order valence-electron chi connectivity index (χ4n) is 1.28. The Morgan fingerprint density at radius 3 is 2.55 bits per heavy atom. The highest BCUT2D eigenvalue weighted by molar-refractivity contribution is 4.57. The van der Waals surface area contributed by atoms with Crippen molar-refractivity contribution in [1.82, 2.24) is 0 Å². The molecule has 1 unspecified atom stereocenters. The summed E-state index contributed by atoms with van der Waals surface area (Å²) in [6.07, 6.45) is 6.59. The van der Waals surface area contributed by atoms with Crippen LogP contribution in [0.4, 0.5) is 0 Å². The van der Waals surface area contributed by atoms with Gasteiger partial charge in [0.05, 0.1) is 12.9 Å². The molecule has 0 aliphatic heterocycles. The van der Waals surface area contributed by atoms with Crippen molar-refractivity contribution in [3.8, 4) is 0 Å². The summed E-state index contributed by atoms with van der Waals surface area (Å²) in [7, 11) is 0. The Kier molecular flexibility index (Phi) is 7.33. The Bertz CT molecular complexity index is 88.9. The van der Waals surface area contributed by atoms with E-state index < -0.39 is 0 Å². The van der Waals surface area contributed by atoms with Crippen LogP contribution in [0.25, 0.3) is 0 Å². The standard InChI is InChI=1S/C10H20O/c1-4-7-10(5-2)8-9-11-6-3/h6,10H,3-5,7-9H2,1-2H3. The van der Waals surface area contributed by atoms with Gasteiger partial charge in [-0.3, -0.25) is 0 Å². The molecule has 0 spiro atoms. The molecule has 11 heavy (non-hydrogen) atoms. The average Bonchev–Trinajstić information content (AvgIpc) is 2.03. The number of hydrogen-bond acceptors (Lipinski definition) is 1.